The number of nitrogens with one attached hydrogen (secondary N) is 2. The Kier molecular flexibility index (Phi) is 5.58. The van der Waals surface area contributed by atoms with E-state index in [2.05, 4.69) is 17.6 Å². The molecule has 0 aliphatic carbocycles. The molecule has 0 radical (unpaired) electrons. The van der Waals surface area contributed by atoms with E-state index in [0.717, 1.165) is 12.1 Å². The second kappa shape index (κ2) is 8.46. The van der Waals surface area contributed by atoms with Crippen LogP contribution >= 0.6 is 11.8 Å². The number of thioether (sulfide) groups is 1. The standard InChI is InChI=1S/C22H19N3O4S/c1-2-14-7-9-15(10-8-14)23-22-24-21(26)20(30-22)13-16-11-12-19(29-16)17-5-3-4-6-18(17)25(27)28/h3-13,22-23H,2H2,1H3,(H,24,26)/b20-13+/t22-/m1/s1. The predicted octanol–water partition coefficient (Wildman–Crippen LogP) is 5.02. The Morgan fingerprint density at radius 1 is 1.17 bits per heavy atom. The van der Waals surface area contributed by atoms with Crippen molar-refractivity contribution < 1.29 is 14.1 Å². The van der Waals surface area contributed by atoms with Crippen LogP contribution in [0.2, 0.25) is 0 Å². The molecule has 152 valence electrons. The molecule has 0 saturated carbocycles. The molecule has 1 amide bonds. The van der Waals surface area contributed by atoms with E-state index >= 15 is 0 Å². The Labute approximate surface area is 177 Å². The number of carbonyl (C=O) groups is 1. The van der Waals surface area contributed by atoms with Crippen LogP contribution in [0.3, 0.4) is 0 Å². The Morgan fingerprint density at radius 3 is 2.67 bits per heavy atom. The van der Waals surface area contributed by atoms with Crippen molar-refractivity contribution >= 4 is 35.1 Å². The van der Waals surface area contributed by atoms with Crippen molar-refractivity contribution in [3.05, 3.63) is 87.0 Å². The number of benzene rings is 2. The van der Waals surface area contributed by atoms with Crippen LogP contribution in [0.5, 0.6) is 0 Å². The van der Waals surface area contributed by atoms with Crippen molar-refractivity contribution in [2.45, 2.75) is 18.8 Å². The van der Waals surface area contributed by atoms with E-state index in [-0.39, 0.29) is 17.1 Å². The molecule has 2 heterocycles. The average molecular weight is 421 g/mol. The molecule has 30 heavy (non-hydrogen) atoms. The monoisotopic (exact) mass is 421 g/mol. The van der Waals surface area contributed by atoms with Crippen LogP contribution in [-0.4, -0.2) is 16.3 Å². The molecule has 8 heteroatoms. The van der Waals surface area contributed by atoms with E-state index < -0.39 is 4.92 Å². The smallest absolute Gasteiger partial charge is 0.280 e. The average Bonchev–Trinajstić information content (AvgIpc) is 3.35. The molecule has 3 aromatic rings. The van der Waals surface area contributed by atoms with Crippen molar-refractivity contribution in [1.29, 1.82) is 0 Å². The van der Waals surface area contributed by atoms with Crippen molar-refractivity contribution in [3.8, 4) is 11.3 Å². The van der Waals surface area contributed by atoms with Gasteiger partial charge in [-0.2, -0.15) is 0 Å². The molecule has 2 N–H and O–H groups in total. The molecule has 0 spiro atoms. The van der Waals surface area contributed by atoms with Crippen LogP contribution in [0.4, 0.5) is 11.4 Å². The molecule has 2 aromatic carbocycles. The van der Waals surface area contributed by atoms with Gasteiger partial charge in [-0.05, 0) is 42.3 Å². The molecule has 1 fully saturated rings. The number of hydrogen-bond acceptors (Lipinski definition) is 6. The predicted molar refractivity (Wildman–Crippen MR) is 118 cm³/mol. The van der Waals surface area contributed by atoms with Crippen LogP contribution < -0.4 is 10.6 Å². The lowest BCUT2D eigenvalue weighted by Gasteiger charge is -2.12. The first kappa shape index (κ1) is 19.8. The minimum Gasteiger partial charge on any atom is -0.456 e. The molecule has 1 atom stereocenters. The van der Waals surface area contributed by atoms with Gasteiger partial charge in [0.15, 0.2) is 5.50 Å². The van der Waals surface area contributed by atoms with Crippen molar-refractivity contribution in [1.82, 2.24) is 5.32 Å². The number of rotatable bonds is 6. The number of aryl methyl sites for hydroxylation is 1. The summed E-state index contributed by atoms with van der Waals surface area (Å²) in [6, 6.07) is 17.8. The molecule has 1 aromatic heterocycles. The quantitative estimate of drug-likeness (QED) is 0.330. The number of anilines is 1. The van der Waals surface area contributed by atoms with Crippen molar-refractivity contribution in [2.75, 3.05) is 5.32 Å². The molecular formula is C22H19N3O4S. The van der Waals surface area contributed by atoms with Crippen molar-refractivity contribution in [2.24, 2.45) is 0 Å². The van der Waals surface area contributed by atoms with E-state index in [1.165, 1.54) is 23.4 Å². The van der Waals surface area contributed by atoms with Crippen LogP contribution in [0, 0.1) is 10.1 Å². The van der Waals surface area contributed by atoms with E-state index in [4.69, 9.17) is 4.42 Å². The van der Waals surface area contributed by atoms with Crippen molar-refractivity contribution in [3.63, 3.8) is 0 Å². The van der Waals surface area contributed by atoms with Gasteiger partial charge in [-0.25, -0.2) is 0 Å². The zero-order valence-corrected chi connectivity index (χ0v) is 16.9. The second-order valence-electron chi connectivity index (χ2n) is 6.65. The highest BCUT2D eigenvalue weighted by molar-refractivity contribution is 8.05. The summed E-state index contributed by atoms with van der Waals surface area (Å²) in [6.07, 6.45) is 2.61. The lowest BCUT2D eigenvalue weighted by Crippen LogP contribution is -2.30. The fourth-order valence-electron chi connectivity index (χ4n) is 3.10. The zero-order chi connectivity index (χ0) is 21.1. The first-order valence-corrected chi connectivity index (χ1v) is 10.3. The van der Waals surface area contributed by atoms with Gasteiger partial charge in [-0.3, -0.25) is 14.9 Å². The number of carbonyl (C=O) groups excluding carboxylic acids is 1. The maximum Gasteiger partial charge on any atom is 0.280 e. The number of furan rings is 1. The van der Waals surface area contributed by atoms with Gasteiger partial charge < -0.3 is 15.1 Å². The normalized spacial score (nSPS) is 17.2. The van der Waals surface area contributed by atoms with Crippen LogP contribution in [-0.2, 0) is 11.2 Å². The van der Waals surface area contributed by atoms with Gasteiger partial charge in [-0.15, -0.1) is 0 Å². The molecule has 1 aliphatic rings. The fraction of sp³-hybridized carbons (Fsp3) is 0.136. The highest BCUT2D eigenvalue weighted by Gasteiger charge is 2.27. The van der Waals surface area contributed by atoms with E-state index in [9.17, 15) is 14.9 Å². The van der Waals surface area contributed by atoms with Gasteiger partial charge in [0, 0.05) is 17.8 Å². The Bertz CT molecular complexity index is 1120. The molecule has 1 saturated heterocycles. The van der Waals surface area contributed by atoms with E-state index in [1.54, 1.807) is 36.4 Å². The molecule has 1 aliphatic heterocycles. The minimum atomic E-state index is -0.445. The number of hydrogen-bond donors (Lipinski definition) is 2. The van der Waals surface area contributed by atoms with Crippen LogP contribution in [0.15, 0.2) is 70.0 Å². The van der Waals surface area contributed by atoms with Gasteiger partial charge >= 0.3 is 0 Å². The minimum absolute atomic E-state index is 0.0302. The third kappa shape index (κ3) is 4.23. The lowest BCUT2D eigenvalue weighted by molar-refractivity contribution is -0.384. The summed E-state index contributed by atoms with van der Waals surface area (Å²) in [5, 5.41) is 17.4. The summed E-state index contributed by atoms with van der Waals surface area (Å²) in [6.45, 7) is 2.10. The summed E-state index contributed by atoms with van der Waals surface area (Å²) in [7, 11) is 0. The van der Waals surface area contributed by atoms with Gasteiger partial charge in [-0.1, -0.05) is 43.0 Å². The summed E-state index contributed by atoms with van der Waals surface area (Å²) in [4.78, 5) is 23.6. The van der Waals surface area contributed by atoms with Gasteiger partial charge in [0.25, 0.3) is 11.6 Å². The van der Waals surface area contributed by atoms with Gasteiger partial charge in [0.05, 0.1) is 15.4 Å². The first-order chi connectivity index (χ1) is 14.5. The molecule has 4 rings (SSSR count). The second-order valence-corrected chi connectivity index (χ2v) is 7.80. The summed E-state index contributed by atoms with van der Waals surface area (Å²) in [5.74, 6) is 0.628. The largest absolute Gasteiger partial charge is 0.456 e. The van der Waals surface area contributed by atoms with E-state index in [1.807, 2.05) is 24.3 Å². The highest BCUT2D eigenvalue weighted by Crippen LogP contribution is 2.34. The third-order valence-electron chi connectivity index (χ3n) is 4.66. The van der Waals surface area contributed by atoms with Gasteiger partial charge in [0.1, 0.15) is 11.5 Å². The fourth-order valence-corrected chi connectivity index (χ4v) is 4.06. The summed E-state index contributed by atoms with van der Waals surface area (Å²) < 4.78 is 5.76. The highest BCUT2D eigenvalue weighted by atomic mass is 32.2. The number of nitrogens with zero attached hydrogens (tertiary/aromatic N) is 1. The summed E-state index contributed by atoms with van der Waals surface area (Å²) >= 11 is 1.35. The SMILES string of the molecule is CCc1ccc(N[C@@H]2NC(=O)/C(=C\c3ccc(-c4ccccc4[N+](=O)[O-])o3)S2)cc1. The Morgan fingerprint density at radius 2 is 1.93 bits per heavy atom. The first-order valence-electron chi connectivity index (χ1n) is 9.42. The zero-order valence-electron chi connectivity index (χ0n) is 16.1. The maximum atomic E-state index is 12.3. The van der Waals surface area contributed by atoms with Crippen LogP contribution in [0.1, 0.15) is 18.2 Å². The molecule has 7 nitrogen and oxygen atoms in total. The molecule has 0 unspecified atom stereocenters. The number of amides is 1. The molecular weight excluding hydrogens is 402 g/mol. The van der Waals surface area contributed by atoms with Crippen LogP contribution in [0.25, 0.3) is 17.4 Å². The lowest BCUT2D eigenvalue weighted by atomic mass is 10.1. The third-order valence-corrected chi connectivity index (χ3v) is 5.69. The Balaban J connectivity index is 1.49. The van der Waals surface area contributed by atoms with Gasteiger partial charge in [0.2, 0.25) is 0 Å². The molecule has 0 bridgehead atoms. The van der Waals surface area contributed by atoms with E-state index in [0.29, 0.717) is 22.0 Å². The number of nitro benzene ring substituents is 1. The Hall–Kier alpha value is -3.52. The summed E-state index contributed by atoms with van der Waals surface area (Å²) in [5.41, 5.74) is 2.24. The number of nitro groups is 1. The number of para-hydroxylation sites is 1. The maximum absolute atomic E-state index is 12.3. The topological polar surface area (TPSA) is 97.4 Å².